The molecule has 53 heavy (non-hydrogen) atoms. The number of nitrogens with zero attached hydrogens (tertiary/aromatic N) is 2. The Kier molecular flexibility index (Phi) is 14.4. The van der Waals surface area contributed by atoms with Crippen LogP contribution in [0.3, 0.4) is 0 Å². The van der Waals surface area contributed by atoms with Gasteiger partial charge < -0.3 is 39.4 Å². The standard InChI is InChI=1S/C37H44N4O12/c1-4-16-40(32(44)18-38-36(48)50-2)20-34(46)52-22-31(43)28-15-14-25(26-7-5-8-27(26)28)23-10-12-24(13-11-23)30(42)21-53-35(47)29-9-6-17-41(29)33(45)19-39-37(49)51-3/h10-15,29H,4-9,16-22H2,1-3H3,(H,38,48)(H,39,49). The van der Waals surface area contributed by atoms with E-state index >= 15 is 0 Å². The van der Waals surface area contributed by atoms with Gasteiger partial charge in [-0.1, -0.05) is 43.3 Å². The van der Waals surface area contributed by atoms with Crippen molar-refractivity contribution in [3.63, 3.8) is 0 Å². The quantitative estimate of drug-likeness (QED) is 0.145. The number of esters is 2. The molecule has 2 N–H and O–H groups in total. The molecule has 1 aliphatic carbocycles. The zero-order valence-electron chi connectivity index (χ0n) is 30.0. The third-order valence-corrected chi connectivity index (χ3v) is 8.96. The maximum absolute atomic E-state index is 13.2. The lowest BCUT2D eigenvalue weighted by atomic mass is 9.91. The van der Waals surface area contributed by atoms with E-state index in [-0.39, 0.29) is 32.0 Å². The van der Waals surface area contributed by atoms with Gasteiger partial charge in [-0.15, -0.1) is 0 Å². The Hall–Kier alpha value is -5.80. The van der Waals surface area contributed by atoms with Crippen molar-refractivity contribution in [2.75, 3.05) is 60.2 Å². The molecule has 2 aliphatic rings. The Labute approximate surface area is 306 Å². The van der Waals surface area contributed by atoms with E-state index in [1.807, 2.05) is 13.0 Å². The van der Waals surface area contributed by atoms with Crippen molar-refractivity contribution in [3.8, 4) is 11.1 Å². The second kappa shape index (κ2) is 19.2. The van der Waals surface area contributed by atoms with E-state index < -0.39 is 61.0 Å². The highest BCUT2D eigenvalue weighted by Gasteiger charge is 2.35. The van der Waals surface area contributed by atoms with E-state index in [1.165, 1.54) is 24.0 Å². The van der Waals surface area contributed by atoms with Crippen molar-refractivity contribution in [1.82, 2.24) is 20.4 Å². The number of amides is 4. The zero-order valence-corrected chi connectivity index (χ0v) is 30.0. The first-order chi connectivity index (χ1) is 25.5. The maximum atomic E-state index is 13.2. The molecule has 16 nitrogen and oxygen atoms in total. The Morgan fingerprint density at radius 1 is 0.792 bits per heavy atom. The molecule has 1 saturated heterocycles. The first-order valence-electron chi connectivity index (χ1n) is 17.3. The summed E-state index contributed by atoms with van der Waals surface area (Å²) in [5.41, 5.74) is 4.36. The van der Waals surface area contributed by atoms with Crippen molar-refractivity contribution in [1.29, 1.82) is 0 Å². The molecule has 0 bridgehead atoms. The number of ketones is 2. The van der Waals surface area contributed by atoms with Crippen LogP contribution in [-0.4, -0.2) is 124 Å². The van der Waals surface area contributed by atoms with E-state index in [9.17, 15) is 38.4 Å². The van der Waals surface area contributed by atoms with Gasteiger partial charge in [-0.25, -0.2) is 14.4 Å². The summed E-state index contributed by atoms with van der Waals surface area (Å²) < 4.78 is 19.5. The van der Waals surface area contributed by atoms with Gasteiger partial charge in [-0.3, -0.25) is 24.0 Å². The number of rotatable bonds is 16. The van der Waals surface area contributed by atoms with Crippen LogP contribution in [0.25, 0.3) is 11.1 Å². The predicted octanol–water partition coefficient (Wildman–Crippen LogP) is 2.24. The minimum atomic E-state index is -0.851. The summed E-state index contributed by atoms with van der Waals surface area (Å²) >= 11 is 0. The number of alkyl carbamates (subject to hydrolysis) is 2. The number of benzene rings is 2. The number of hydrogen-bond donors (Lipinski definition) is 2. The fraction of sp³-hybridized carbons (Fsp3) is 0.459. The van der Waals surface area contributed by atoms with Gasteiger partial charge in [-0.05, 0) is 60.8 Å². The number of fused-ring (bicyclic) bond motifs is 1. The number of methoxy groups -OCH3 is 2. The number of hydrogen-bond acceptors (Lipinski definition) is 12. The van der Waals surface area contributed by atoms with Crippen LogP contribution >= 0.6 is 0 Å². The summed E-state index contributed by atoms with van der Waals surface area (Å²) in [6.45, 7) is 0.345. The van der Waals surface area contributed by atoms with Crippen molar-refractivity contribution >= 4 is 47.5 Å². The molecule has 284 valence electrons. The average Bonchev–Trinajstić information content (AvgIpc) is 3.87. The molecule has 4 amide bonds. The van der Waals surface area contributed by atoms with Gasteiger partial charge in [0.25, 0.3) is 0 Å². The predicted molar refractivity (Wildman–Crippen MR) is 187 cm³/mol. The SMILES string of the molecule is CCCN(CC(=O)OCC(=O)c1ccc(-c2ccc(C(=O)COC(=O)C3CCCN3C(=O)CNC(=O)OC)cc2)c2c1CCC2)C(=O)CNC(=O)OC. The molecule has 0 aromatic heterocycles. The first-order valence-corrected chi connectivity index (χ1v) is 17.3. The van der Waals surface area contributed by atoms with Crippen LogP contribution in [0.5, 0.6) is 0 Å². The number of ether oxygens (including phenoxy) is 4. The van der Waals surface area contributed by atoms with Gasteiger partial charge in [-0.2, -0.15) is 0 Å². The summed E-state index contributed by atoms with van der Waals surface area (Å²) in [4.78, 5) is 102. The Balaban J connectivity index is 1.32. The molecular weight excluding hydrogens is 692 g/mol. The van der Waals surface area contributed by atoms with Crippen molar-refractivity contribution in [2.45, 2.75) is 51.5 Å². The monoisotopic (exact) mass is 736 g/mol. The molecule has 1 heterocycles. The molecule has 0 spiro atoms. The molecule has 1 aliphatic heterocycles. The van der Waals surface area contributed by atoms with E-state index in [1.54, 1.807) is 30.3 Å². The van der Waals surface area contributed by atoms with Crippen LogP contribution in [0.4, 0.5) is 9.59 Å². The van der Waals surface area contributed by atoms with Crippen LogP contribution in [0.1, 0.15) is 64.4 Å². The van der Waals surface area contributed by atoms with Crippen LogP contribution in [0.15, 0.2) is 36.4 Å². The van der Waals surface area contributed by atoms with Gasteiger partial charge in [0.2, 0.25) is 17.6 Å². The van der Waals surface area contributed by atoms with Gasteiger partial charge in [0.15, 0.2) is 19.0 Å². The Morgan fingerprint density at radius 2 is 1.45 bits per heavy atom. The van der Waals surface area contributed by atoms with Crippen LogP contribution in [0, 0.1) is 0 Å². The number of carbonyl (C=O) groups is 8. The highest BCUT2D eigenvalue weighted by atomic mass is 16.5. The average molecular weight is 737 g/mol. The highest BCUT2D eigenvalue weighted by molar-refractivity contribution is 6.01. The summed E-state index contributed by atoms with van der Waals surface area (Å²) in [6, 6.07) is 9.49. The van der Waals surface area contributed by atoms with Gasteiger partial charge in [0, 0.05) is 24.2 Å². The molecule has 0 radical (unpaired) electrons. The third kappa shape index (κ3) is 10.6. The number of Topliss-reactive ketones (excluding diaryl/α,β-unsaturated/α-hetero) is 2. The molecule has 2 aromatic carbocycles. The number of carbonyl (C=O) groups excluding carboxylic acids is 8. The lowest BCUT2D eigenvalue weighted by molar-refractivity contribution is -0.152. The summed E-state index contributed by atoms with van der Waals surface area (Å²) in [5.74, 6) is -3.20. The second-order valence-corrected chi connectivity index (χ2v) is 12.4. The summed E-state index contributed by atoms with van der Waals surface area (Å²) in [5, 5.41) is 4.57. The largest absolute Gasteiger partial charge is 0.456 e. The zero-order chi connectivity index (χ0) is 38.5. The number of nitrogens with one attached hydrogen (secondary N) is 2. The second-order valence-electron chi connectivity index (χ2n) is 12.4. The normalized spacial score (nSPS) is 14.4. The molecular formula is C37H44N4O12. The van der Waals surface area contributed by atoms with E-state index in [0.29, 0.717) is 43.4 Å². The van der Waals surface area contributed by atoms with E-state index in [4.69, 9.17) is 9.47 Å². The van der Waals surface area contributed by atoms with E-state index in [2.05, 4.69) is 20.1 Å². The summed E-state index contributed by atoms with van der Waals surface area (Å²) in [7, 11) is 2.34. The topological polar surface area (TPSA) is 204 Å². The lowest BCUT2D eigenvalue weighted by Gasteiger charge is -2.23. The van der Waals surface area contributed by atoms with Crippen molar-refractivity contribution in [2.24, 2.45) is 0 Å². The molecule has 4 rings (SSSR count). The fourth-order valence-corrected chi connectivity index (χ4v) is 6.34. The third-order valence-electron chi connectivity index (χ3n) is 8.96. The summed E-state index contributed by atoms with van der Waals surface area (Å²) in [6.07, 6.45) is 2.20. The molecule has 1 unspecified atom stereocenters. The first kappa shape index (κ1) is 40.0. The smallest absolute Gasteiger partial charge is 0.407 e. The molecule has 1 fully saturated rings. The van der Waals surface area contributed by atoms with Crippen molar-refractivity contribution < 1.29 is 57.3 Å². The Morgan fingerprint density at radius 3 is 2.13 bits per heavy atom. The molecule has 16 heteroatoms. The minimum absolute atomic E-state index is 0.255. The van der Waals surface area contributed by atoms with Crippen LogP contribution < -0.4 is 10.6 Å². The van der Waals surface area contributed by atoms with Crippen LogP contribution in [-0.2, 0) is 51.0 Å². The highest BCUT2D eigenvalue weighted by Crippen LogP contribution is 2.35. The minimum Gasteiger partial charge on any atom is -0.456 e. The molecule has 2 aromatic rings. The molecule has 0 saturated carbocycles. The lowest BCUT2D eigenvalue weighted by Crippen LogP contribution is -2.46. The van der Waals surface area contributed by atoms with E-state index in [0.717, 1.165) is 35.1 Å². The van der Waals surface area contributed by atoms with Gasteiger partial charge in [0.05, 0.1) is 14.2 Å². The maximum Gasteiger partial charge on any atom is 0.407 e. The Bertz CT molecular complexity index is 1720. The molecule has 1 atom stereocenters. The fourth-order valence-electron chi connectivity index (χ4n) is 6.34. The van der Waals surface area contributed by atoms with Crippen LogP contribution in [0.2, 0.25) is 0 Å². The van der Waals surface area contributed by atoms with Gasteiger partial charge >= 0.3 is 24.1 Å². The van der Waals surface area contributed by atoms with Crippen molar-refractivity contribution in [3.05, 3.63) is 58.7 Å². The number of likely N-dealkylation sites (tertiary alicyclic amines) is 1. The van der Waals surface area contributed by atoms with Gasteiger partial charge in [0.1, 0.15) is 25.7 Å².